The third kappa shape index (κ3) is 7.55. The molecule has 0 aliphatic carbocycles. The van der Waals surface area contributed by atoms with Crippen LogP contribution in [0.5, 0.6) is 5.75 Å². The molecule has 1 aromatic rings. The van der Waals surface area contributed by atoms with Gasteiger partial charge in [0.2, 0.25) is 0 Å². The Bertz CT molecular complexity index is 508. The number of carbonyl (C=O) groups excluding carboxylic acids is 1. The summed E-state index contributed by atoms with van der Waals surface area (Å²) in [5.74, 6) is 0.826. The standard InChI is InChI=1S/C10H11O4.3C4H9.Sn/c1-12-9-5-3-8(4-6-9)7-14-10(11)13-2;3*1-3-4-2;/h3-7H,1-2H3;3*1,3-4H2,2H3;. The van der Waals surface area contributed by atoms with Crippen LogP contribution in [0.3, 0.4) is 0 Å². The number of benzene rings is 1. The quantitative estimate of drug-likeness (QED) is 0.225. The number of unbranched alkanes of at least 4 members (excludes halogenated alkanes) is 3. The monoisotopic (exact) mass is 486 g/mol. The van der Waals surface area contributed by atoms with E-state index in [9.17, 15) is 4.79 Å². The number of ether oxygens (including phenoxy) is 3. The van der Waals surface area contributed by atoms with Crippen LogP contribution in [-0.2, 0) is 9.47 Å². The van der Waals surface area contributed by atoms with Crippen LogP contribution in [0.4, 0.5) is 4.79 Å². The summed E-state index contributed by atoms with van der Waals surface area (Å²) in [6.45, 7) is 6.75. The average Bonchev–Trinajstić information content (AvgIpc) is 2.72. The van der Waals surface area contributed by atoms with Crippen LogP contribution in [0.2, 0.25) is 13.3 Å². The normalized spacial score (nSPS) is 12.5. The Hall–Kier alpha value is -0.911. The van der Waals surface area contributed by atoms with E-state index in [0.29, 0.717) is 0 Å². The molecule has 0 aromatic heterocycles. The predicted octanol–water partition coefficient (Wildman–Crippen LogP) is 6.91. The molecule has 27 heavy (non-hydrogen) atoms. The molecule has 1 rings (SSSR count). The van der Waals surface area contributed by atoms with Crippen LogP contribution < -0.4 is 4.74 Å². The minimum atomic E-state index is -2.84. The molecule has 0 amide bonds. The van der Waals surface area contributed by atoms with E-state index in [1.54, 1.807) is 7.11 Å². The average molecular weight is 485 g/mol. The second kappa shape index (κ2) is 13.3. The molecule has 0 N–H and O–H groups in total. The van der Waals surface area contributed by atoms with E-state index in [1.165, 1.54) is 58.9 Å². The minimum absolute atomic E-state index is 0.0951. The number of carbonyl (C=O) groups is 1. The fourth-order valence-electron chi connectivity index (χ4n) is 3.82. The third-order valence-electron chi connectivity index (χ3n) is 5.44. The van der Waals surface area contributed by atoms with Crippen molar-refractivity contribution in [3.05, 3.63) is 29.8 Å². The van der Waals surface area contributed by atoms with Gasteiger partial charge in [-0.2, -0.15) is 0 Å². The molecule has 0 aliphatic rings. The van der Waals surface area contributed by atoms with E-state index < -0.39 is 24.5 Å². The summed E-state index contributed by atoms with van der Waals surface area (Å²) < 4.78 is 19.9. The maximum atomic E-state index is 12.2. The van der Waals surface area contributed by atoms with Crippen molar-refractivity contribution < 1.29 is 19.0 Å². The second-order valence-corrected chi connectivity index (χ2v) is 21.0. The van der Waals surface area contributed by atoms with E-state index in [0.717, 1.165) is 11.3 Å². The van der Waals surface area contributed by atoms with Gasteiger partial charge in [0.25, 0.3) is 0 Å². The van der Waals surface area contributed by atoms with Crippen molar-refractivity contribution in [3.8, 4) is 5.75 Å². The van der Waals surface area contributed by atoms with Gasteiger partial charge in [0.15, 0.2) is 0 Å². The maximum absolute atomic E-state index is 12.2. The molecule has 0 radical (unpaired) electrons. The first-order chi connectivity index (χ1) is 13.1. The fourth-order valence-corrected chi connectivity index (χ4v) is 20.8. The SMILES string of the molecule is CCC[CH2][Sn]([CH2]CCC)([CH2]CCC)[CH](OC(=O)OC)c1ccc(OC)cc1. The summed E-state index contributed by atoms with van der Waals surface area (Å²) in [7, 11) is 3.07. The van der Waals surface area contributed by atoms with Crippen molar-refractivity contribution in [2.75, 3.05) is 14.2 Å². The van der Waals surface area contributed by atoms with Crippen molar-refractivity contribution in [1.82, 2.24) is 0 Å². The first-order valence-corrected chi connectivity index (χ1v) is 18.2. The number of hydrogen-bond donors (Lipinski definition) is 0. The zero-order chi connectivity index (χ0) is 20.1. The number of rotatable bonds is 13. The van der Waals surface area contributed by atoms with Crippen molar-refractivity contribution >= 4 is 24.5 Å². The van der Waals surface area contributed by atoms with Crippen LogP contribution in [0.25, 0.3) is 0 Å². The molecule has 154 valence electrons. The summed E-state index contributed by atoms with van der Waals surface area (Å²) in [4.78, 5) is 12.2. The van der Waals surface area contributed by atoms with Gasteiger partial charge >= 0.3 is 170 Å². The van der Waals surface area contributed by atoms with Gasteiger partial charge in [0, 0.05) is 0 Å². The number of hydrogen-bond acceptors (Lipinski definition) is 4. The molecule has 0 saturated carbocycles. The van der Waals surface area contributed by atoms with Crippen LogP contribution in [0, 0.1) is 0 Å². The topological polar surface area (TPSA) is 44.8 Å². The van der Waals surface area contributed by atoms with Gasteiger partial charge in [-0.3, -0.25) is 0 Å². The molecule has 4 nitrogen and oxygen atoms in total. The molecule has 0 saturated heterocycles. The predicted molar refractivity (Wildman–Crippen MR) is 114 cm³/mol. The van der Waals surface area contributed by atoms with E-state index in [1.807, 2.05) is 12.1 Å². The van der Waals surface area contributed by atoms with E-state index >= 15 is 0 Å². The summed E-state index contributed by atoms with van der Waals surface area (Å²) in [6.07, 6.45) is 6.67. The van der Waals surface area contributed by atoms with Gasteiger partial charge in [0.05, 0.1) is 0 Å². The van der Waals surface area contributed by atoms with Crippen LogP contribution in [0.1, 0.15) is 69.0 Å². The first-order valence-electron chi connectivity index (χ1n) is 10.4. The Balaban J connectivity index is 3.35. The van der Waals surface area contributed by atoms with Gasteiger partial charge in [-0.05, 0) is 0 Å². The van der Waals surface area contributed by atoms with Crippen molar-refractivity contribution in [3.63, 3.8) is 0 Å². The van der Waals surface area contributed by atoms with Crippen molar-refractivity contribution in [1.29, 1.82) is 0 Å². The Kier molecular flexibility index (Phi) is 11.9. The van der Waals surface area contributed by atoms with Gasteiger partial charge in [0.1, 0.15) is 0 Å². The fraction of sp³-hybridized carbons (Fsp3) is 0.682. The van der Waals surface area contributed by atoms with E-state index in [4.69, 9.17) is 14.2 Å². The molecule has 1 aromatic carbocycles. The number of methoxy groups -OCH3 is 2. The molecule has 1 atom stereocenters. The molecular formula is C22H38O4Sn. The van der Waals surface area contributed by atoms with Crippen LogP contribution in [0.15, 0.2) is 24.3 Å². The van der Waals surface area contributed by atoms with Crippen LogP contribution in [-0.4, -0.2) is 38.8 Å². The Labute approximate surface area is 169 Å². The summed E-state index contributed by atoms with van der Waals surface area (Å²) in [5, 5.41) is 0. The Morgan fingerprint density at radius 3 is 1.74 bits per heavy atom. The molecule has 5 heteroatoms. The summed E-state index contributed by atoms with van der Waals surface area (Å²) >= 11 is -2.84. The van der Waals surface area contributed by atoms with Gasteiger partial charge in [-0.25, -0.2) is 0 Å². The zero-order valence-corrected chi connectivity index (χ0v) is 20.7. The van der Waals surface area contributed by atoms with Gasteiger partial charge < -0.3 is 0 Å². The summed E-state index contributed by atoms with van der Waals surface area (Å²) in [5.41, 5.74) is 1.11. The van der Waals surface area contributed by atoms with E-state index in [2.05, 4.69) is 32.9 Å². The molecule has 0 heterocycles. The van der Waals surface area contributed by atoms with Crippen LogP contribution >= 0.6 is 0 Å². The summed E-state index contributed by atoms with van der Waals surface area (Å²) in [6, 6.07) is 8.09. The molecule has 0 fully saturated rings. The molecular weight excluding hydrogens is 447 g/mol. The Morgan fingerprint density at radius 2 is 1.37 bits per heavy atom. The van der Waals surface area contributed by atoms with Gasteiger partial charge in [-0.15, -0.1) is 0 Å². The van der Waals surface area contributed by atoms with Crippen molar-refractivity contribution in [2.24, 2.45) is 0 Å². The molecule has 0 aliphatic heterocycles. The van der Waals surface area contributed by atoms with Gasteiger partial charge in [-0.1, -0.05) is 0 Å². The molecule has 1 unspecified atom stereocenters. The Morgan fingerprint density at radius 1 is 0.889 bits per heavy atom. The zero-order valence-electron chi connectivity index (χ0n) is 17.9. The molecule has 0 spiro atoms. The second-order valence-electron chi connectivity index (χ2n) is 7.40. The van der Waals surface area contributed by atoms with Crippen molar-refractivity contribution in [2.45, 2.75) is 76.7 Å². The molecule has 0 bridgehead atoms. The van der Waals surface area contributed by atoms with E-state index in [-0.39, 0.29) is 4.12 Å². The first kappa shape index (κ1) is 24.1. The third-order valence-corrected chi connectivity index (χ3v) is 21.5.